The molecule has 0 amide bonds. The number of nitrogen functional groups attached to an aromatic ring is 1. The number of ether oxygens (including phenoxy) is 5. The maximum absolute atomic E-state index is 15.1. The zero-order valence-electron chi connectivity index (χ0n) is 26.6. The lowest BCUT2D eigenvalue weighted by molar-refractivity contribution is -0.0510. The van der Waals surface area contributed by atoms with Crippen LogP contribution in [0.1, 0.15) is 33.4 Å². The number of hydrogen-bond acceptors (Lipinski definition) is 16. The number of aromatic amines is 1. The highest BCUT2D eigenvalue weighted by atomic mass is 31.2. The first-order valence-corrected chi connectivity index (χ1v) is 18.0. The Morgan fingerprint density at radius 2 is 1.56 bits per heavy atom. The minimum Gasteiger partial charge on any atom is -0.387 e. The van der Waals surface area contributed by atoms with Crippen LogP contribution < -0.4 is 11.3 Å². The topological polar surface area (TPSA) is 267 Å². The van der Waals surface area contributed by atoms with Crippen molar-refractivity contribution >= 4 is 32.8 Å². The molecule has 5 heterocycles. The summed E-state index contributed by atoms with van der Waals surface area (Å²) >= 11 is 0. The second kappa shape index (κ2) is 14.7. The maximum Gasteiger partial charge on any atom is 0.472 e. The Kier molecular flexibility index (Phi) is 11.5. The molecule has 48 heavy (non-hydrogen) atoms. The number of aliphatic hydroxyl groups excluding tert-OH is 1. The van der Waals surface area contributed by atoms with E-state index in [1.165, 1.54) is 32.0 Å². The van der Waals surface area contributed by atoms with Crippen LogP contribution in [-0.4, -0.2) is 129 Å². The Balaban J connectivity index is 1.23. The van der Waals surface area contributed by atoms with Crippen molar-refractivity contribution < 1.29 is 70.2 Å². The molecule has 0 saturated carbocycles. The van der Waals surface area contributed by atoms with Crippen LogP contribution in [0.15, 0.2) is 11.1 Å². The number of phosphoric acid groups is 2. The van der Waals surface area contributed by atoms with E-state index >= 15 is 4.39 Å². The molecule has 3 aliphatic heterocycles. The number of anilines is 1. The van der Waals surface area contributed by atoms with Crippen LogP contribution in [0.4, 0.5) is 10.3 Å². The highest BCUT2D eigenvalue weighted by Gasteiger charge is 2.52. The number of halogens is 1. The highest BCUT2D eigenvalue weighted by Crippen LogP contribution is 2.52. The lowest BCUT2D eigenvalue weighted by Crippen LogP contribution is -2.37. The molecule has 5 rings (SSSR count). The molecule has 3 fully saturated rings. The van der Waals surface area contributed by atoms with Crippen LogP contribution >= 0.6 is 15.6 Å². The molecule has 0 radical (unpaired) electrons. The van der Waals surface area contributed by atoms with Gasteiger partial charge in [-0.2, -0.15) is 4.98 Å². The van der Waals surface area contributed by atoms with Crippen molar-refractivity contribution in [2.45, 2.75) is 101 Å². The van der Waals surface area contributed by atoms with E-state index in [-0.39, 0.29) is 23.5 Å². The van der Waals surface area contributed by atoms with Crippen LogP contribution in [0.25, 0.3) is 11.2 Å². The van der Waals surface area contributed by atoms with E-state index in [1.54, 1.807) is 13.8 Å². The van der Waals surface area contributed by atoms with Gasteiger partial charge in [-0.15, -0.1) is 0 Å². The van der Waals surface area contributed by atoms with Gasteiger partial charge in [-0.25, -0.2) is 18.5 Å². The number of hydrogen-bond donors (Lipinski definition) is 5. The minimum absolute atomic E-state index is 0.0263. The van der Waals surface area contributed by atoms with Gasteiger partial charge in [-0.3, -0.25) is 32.4 Å². The van der Waals surface area contributed by atoms with Gasteiger partial charge in [0.2, 0.25) is 5.95 Å². The predicted octanol–water partition coefficient (Wildman–Crippen LogP) is 0.317. The van der Waals surface area contributed by atoms with Crippen molar-refractivity contribution in [1.29, 1.82) is 0 Å². The standard InChI is InChI=1S/C25H40FN5O15P2/c1-6-12-20(21(39-5)24(44-12)31-9-28-16-22(31)29-25(27)30-23(16)33)46-48(36,37)41-8-14-19(15(26)10(2)42-14)45-47(34,35)40-7-13-17(32)18(38-4)11(3)43-13/h9-15,17-21,24,32H,6-8H2,1-5H3,(H,34,35)(H,36,37)(H3,27,29,30,33)/t10-,11-,12+,13+,14+,15+,17?,18+,19?,20?,21-,24+/m0/s1. The third-order valence-corrected chi connectivity index (χ3v) is 10.3. The second-order valence-electron chi connectivity index (χ2n) is 11.5. The lowest BCUT2D eigenvalue weighted by atomic mass is 10.1. The first kappa shape index (κ1) is 37.3. The average Bonchev–Trinajstić information content (AvgIpc) is 3.74. The second-order valence-corrected chi connectivity index (χ2v) is 14.3. The fraction of sp³-hybridized carbons (Fsp3) is 0.800. The third kappa shape index (κ3) is 7.69. The number of nitrogens with two attached hydrogens (primary N) is 1. The molecule has 272 valence electrons. The van der Waals surface area contributed by atoms with Gasteiger partial charge in [0.25, 0.3) is 5.56 Å². The van der Waals surface area contributed by atoms with Crippen molar-refractivity contribution in [1.82, 2.24) is 19.5 Å². The predicted molar refractivity (Wildman–Crippen MR) is 159 cm³/mol. The molecule has 14 atom stereocenters. The number of fused-ring (bicyclic) bond motifs is 1. The number of nitrogens with one attached hydrogen (secondary N) is 1. The van der Waals surface area contributed by atoms with Crippen molar-refractivity contribution in [2.24, 2.45) is 0 Å². The molecule has 0 aliphatic carbocycles. The van der Waals surface area contributed by atoms with E-state index in [0.717, 1.165) is 0 Å². The van der Waals surface area contributed by atoms with Gasteiger partial charge in [0.1, 0.15) is 42.7 Å². The molecule has 5 unspecified atom stereocenters. The Hall–Kier alpha value is -1.94. The SMILES string of the molecule is CC[C@H]1O[C@@H](n2cnc3c(=O)[nH]c(N)nc32)[C@@H](OC)C1OP(=O)(O)OC[C@H]1O[C@@H](C)[C@@H](F)C1OP(=O)(O)OC[C@H]1O[C@@H](C)[C@@H](OC)C1O. The van der Waals surface area contributed by atoms with Crippen LogP contribution in [0.2, 0.25) is 0 Å². The summed E-state index contributed by atoms with van der Waals surface area (Å²) in [5, 5.41) is 10.3. The van der Waals surface area contributed by atoms with Crippen LogP contribution in [0.3, 0.4) is 0 Å². The van der Waals surface area contributed by atoms with Gasteiger partial charge >= 0.3 is 15.6 Å². The summed E-state index contributed by atoms with van der Waals surface area (Å²) in [6.07, 6.45) is -12.3. The number of alkyl halides is 1. The summed E-state index contributed by atoms with van der Waals surface area (Å²) in [5.41, 5.74) is 5.16. The molecule has 3 saturated heterocycles. The van der Waals surface area contributed by atoms with Crippen molar-refractivity contribution in [3.63, 3.8) is 0 Å². The largest absolute Gasteiger partial charge is 0.472 e. The lowest BCUT2D eigenvalue weighted by Gasteiger charge is -2.26. The molecule has 2 aromatic rings. The molecule has 6 N–H and O–H groups in total. The van der Waals surface area contributed by atoms with Gasteiger partial charge < -0.3 is 44.3 Å². The minimum atomic E-state index is -4.98. The number of H-pyrrole nitrogens is 1. The number of methoxy groups -OCH3 is 2. The van der Waals surface area contributed by atoms with Gasteiger partial charge in [-0.05, 0) is 20.3 Å². The van der Waals surface area contributed by atoms with Gasteiger partial charge in [0.05, 0.1) is 37.9 Å². The molecule has 2 aromatic heterocycles. The smallest absolute Gasteiger partial charge is 0.387 e. The Morgan fingerprint density at radius 1 is 0.958 bits per heavy atom. The van der Waals surface area contributed by atoms with Crippen LogP contribution in [-0.2, 0) is 50.9 Å². The molecular formula is C25H40FN5O15P2. The van der Waals surface area contributed by atoms with E-state index in [9.17, 15) is 28.8 Å². The Bertz CT molecular complexity index is 1580. The summed E-state index contributed by atoms with van der Waals surface area (Å²) in [4.78, 5) is 43.8. The van der Waals surface area contributed by atoms with Crippen molar-refractivity contribution in [2.75, 3.05) is 33.2 Å². The van der Waals surface area contributed by atoms with E-state index < -0.39 is 108 Å². The first-order chi connectivity index (χ1) is 22.6. The summed E-state index contributed by atoms with van der Waals surface area (Å²) < 4.78 is 90.9. The first-order valence-electron chi connectivity index (χ1n) is 15.0. The van der Waals surface area contributed by atoms with Gasteiger partial charge in [0.15, 0.2) is 23.6 Å². The summed E-state index contributed by atoms with van der Waals surface area (Å²) in [5.74, 6) is -0.170. The number of aliphatic hydroxyl groups is 1. The zero-order valence-corrected chi connectivity index (χ0v) is 28.3. The number of rotatable bonds is 14. The Morgan fingerprint density at radius 3 is 2.17 bits per heavy atom. The molecule has 0 aromatic carbocycles. The molecule has 3 aliphatic rings. The fourth-order valence-electron chi connectivity index (χ4n) is 6.02. The number of imidazole rings is 1. The monoisotopic (exact) mass is 731 g/mol. The molecule has 23 heteroatoms. The van der Waals surface area contributed by atoms with E-state index in [0.29, 0.717) is 0 Å². The summed E-state index contributed by atoms with van der Waals surface area (Å²) in [7, 11) is -7.28. The number of phosphoric ester groups is 2. The molecule has 20 nitrogen and oxygen atoms in total. The third-order valence-electron chi connectivity index (χ3n) is 8.36. The fourth-order valence-corrected chi connectivity index (χ4v) is 7.94. The van der Waals surface area contributed by atoms with E-state index in [2.05, 4.69) is 15.0 Å². The maximum atomic E-state index is 15.1. The quantitative estimate of drug-likeness (QED) is 0.164. The van der Waals surface area contributed by atoms with Crippen LogP contribution in [0.5, 0.6) is 0 Å². The summed E-state index contributed by atoms with van der Waals surface area (Å²) in [6.45, 7) is 3.31. The Labute approximate surface area is 273 Å². The zero-order chi connectivity index (χ0) is 35.1. The number of aromatic nitrogens is 4. The molecular weight excluding hydrogens is 691 g/mol. The van der Waals surface area contributed by atoms with Crippen molar-refractivity contribution in [3.05, 3.63) is 16.7 Å². The van der Waals surface area contributed by atoms with E-state index in [4.69, 9.17) is 47.5 Å². The molecule has 0 spiro atoms. The van der Waals surface area contributed by atoms with Gasteiger partial charge in [-0.1, -0.05) is 6.92 Å². The van der Waals surface area contributed by atoms with Gasteiger partial charge in [0, 0.05) is 14.2 Å². The molecule has 0 bridgehead atoms. The van der Waals surface area contributed by atoms with Crippen molar-refractivity contribution in [3.8, 4) is 0 Å². The summed E-state index contributed by atoms with van der Waals surface area (Å²) in [6, 6.07) is 0. The normalized spacial score (nSPS) is 38.0. The average molecular weight is 732 g/mol. The van der Waals surface area contributed by atoms with E-state index in [1.807, 2.05) is 0 Å². The number of nitrogens with zero attached hydrogens (tertiary/aromatic N) is 3. The van der Waals surface area contributed by atoms with Crippen LogP contribution in [0, 0.1) is 0 Å². The highest BCUT2D eigenvalue weighted by molar-refractivity contribution is 7.47.